The number of nitrogens with zero attached hydrogens (tertiary/aromatic N) is 1. The molecule has 0 saturated carbocycles. The summed E-state index contributed by atoms with van der Waals surface area (Å²) in [6.45, 7) is 2.36. The highest BCUT2D eigenvalue weighted by Gasteiger charge is 2.41. The molecule has 2 rings (SSSR count). The maximum Gasteiger partial charge on any atom is 0.256 e. The van der Waals surface area contributed by atoms with Gasteiger partial charge in [0.05, 0.1) is 16.7 Å². The van der Waals surface area contributed by atoms with Crippen molar-refractivity contribution in [3.63, 3.8) is 0 Å². The van der Waals surface area contributed by atoms with Gasteiger partial charge in [-0.25, -0.2) is 4.39 Å². The van der Waals surface area contributed by atoms with E-state index in [1.807, 2.05) is 0 Å². The predicted molar refractivity (Wildman–Crippen MR) is 68.6 cm³/mol. The number of anilines is 1. The Balaban J connectivity index is 2.23. The van der Waals surface area contributed by atoms with Crippen molar-refractivity contribution in [3.05, 3.63) is 29.6 Å². The van der Waals surface area contributed by atoms with E-state index < -0.39 is 17.1 Å². The number of benzene rings is 1. The van der Waals surface area contributed by atoms with E-state index in [2.05, 4.69) is 0 Å². The number of carbonyl (C=O) groups excluding carboxylic acids is 2. The lowest BCUT2D eigenvalue weighted by Crippen LogP contribution is -2.38. The Morgan fingerprint density at radius 3 is 2.68 bits per heavy atom. The highest BCUT2D eigenvalue weighted by atomic mass is 19.1. The molecule has 0 aliphatic carbocycles. The van der Waals surface area contributed by atoms with Gasteiger partial charge in [0.15, 0.2) is 0 Å². The van der Waals surface area contributed by atoms with Crippen molar-refractivity contribution in [1.29, 1.82) is 0 Å². The SMILES string of the molecule is CC1(C(N)=O)CCN(C(=O)c2cccc(F)c2N)C1. The Morgan fingerprint density at radius 1 is 1.42 bits per heavy atom. The second kappa shape index (κ2) is 4.53. The summed E-state index contributed by atoms with van der Waals surface area (Å²) < 4.78 is 13.3. The monoisotopic (exact) mass is 265 g/mol. The van der Waals surface area contributed by atoms with Crippen LogP contribution < -0.4 is 11.5 Å². The molecule has 1 saturated heterocycles. The zero-order valence-corrected chi connectivity index (χ0v) is 10.6. The zero-order chi connectivity index (χ0) is 14.2. The predicted octanol–water partition coefficient (Wildman–Crippen LogP) is 0.745. The molecule has 1 fully saturated rings. The van der Waals surface area contributed by atoms with Crippen LogP contribution in [0, 0.1) is 11.2 Å². The summed E-state index contributed by atoms with van der Waals surface area (Å²) in [6, 6.07) is 4.10. The molecule has 1 atom stereocenters. The molecule has 0 spiro atoms. The topological polar surface area (TPSA) is 89.4 Å². The van der Waals surface area contributed by atoms with Crippen molar-refractivity contribution in [2.75, 3.05) is 18.8 Å². The molecular formula is C13H16FN3O2. The van der Waals surface area contributed by atoms with Gasteiger partial charge in [-0.15, -0.1) is 0 Å². The molecule has 0 aromatic heterocycles. The standard InChI is InChI=1S/C13H16FN3O2/c1-13(12(16)19)5-6-17(7-13)11(18)8-3-2-4-9(14)10(8)15/h2-4H,5-7,15H2,1H3,(H2,16,19). The summed E-state index contributed by atoms with van der Waals surface area (Å²) in [5.74, 6) is -1.43. The van der Waals surface area contributed by atoms with Crippen LogP contribution in [0.4, 0.5) is 10.1 Å². The average molecular weight is 265 g/mol. The van der Waals surface area contributed by atoms with Crippen LogP contribution in [0.5, 0.6) is 0 Å². The number of likely N-dealkylation sites (tertiary alicyclic amines) is 1. The number of nitrogen functional groups attached to an aromatic ring is 1. The second-order valence-electron chi connectivity index (χ2n) is 5.10. The van der Waals surface area contributed by atoms with Crippen LogP contribution in [0.15, 0.2) is 18.2 Å². The number of nitrogens with two attached hydrogens (primary N) is 2. The molecule has 1 aromatic rings. The van der Waals surface area contributed by atoms with Crippen molar-refractivity contribution in [1.82, 2.24) is 4.90 Å². The number of primary amides is 1. The van der Waals surface area contributed by atoms with Crippen LogP contribution in [0.1, 0.15) is 23.7 Å². The van der Waals surface area contributed by atoms with E-state index in [1.54, 1.807) is 6.92 Å². The fourth-order valence-corrected chi connectivity index (χ4v) is 2.23. The molecule has 1 unspecified atom stereocenters. The van der Waals surface area contributed by atoms with Crippen molar-refractivity contribution in [2.24, 2.45) is 11.1 Å². The van der Waals surface area contributed by atoms with Gasteiger partial charge in [-0.3, -0.25) is 9.59 Å². The summed E-state index contributed by atoms with van der Waals surface area (Å²) in [7, 11) is 0. The lowest BCUT2D eigenvalue weighted by Gasteiger charge is -2.21. The van der Waals surface area contributed by atoms with E-state index >= 15 is 0 Å². The Bertz CT molecular complexity index is 547. The first-order valence-corrected chi connectivity index (χ1v) is 5.98. The van der Waals surface area contributed by atoms with Crippen LogP contribution in [-0.2, 0) is 4.79 Å². The van der Waals surface area contributed by atoms with Crippen molar-refractivity contribution >= 4 is 17.5 Å². The third-order valence-corrected chi connectivity index (χ3v) is 3.64. The van der Waals surface area contributed by atoms with E-state index in [0.29, 0.717) is 13.0 Å². The summed E-state index contributed by atoms with van der Waals surface area (Å²) in [4.78, 5) is 25.1. The molecule has 102 valence electrons. The molecule has 0 bridgehead atoms. The van der Waals surface area contributed by atoms with Gasteiger partial charge in [-0.2, -0.15) is 0 Å². The van der Waals surface area contributed by atoms with E-state index in [1.165, 1.54) is 23.1 Å². The van der Waals surface area contributed by atoms with Crippen LogP contribution in [-0.4, -0.2) is 29.8 Å². The van der Waals surface area contributed by atoms with Gasteiger partial charge in [0.2, 0.25) is 5.91 Å². The van der Waals surface area contributed by atoms with Crippen LogP contribution >= 0.6 is 0 Å². The third kappa shape index (κ3) is 2.25. The third-order valence-electron chi connectivity index (χ3n) is 3.64. The van der Waals surface area contributed by atoms with Gasteiger partial charge in [0.1, 0.15) is 5.82 Å². The van der Waals surface area contributed by atoms with Gasteiger partial charge in [-0.1, -0.05) is 6.07 Å². The lowest BCUT2D eigenvalue weighted by molar-refractivity contribution is -0.126. The fourth-order valence-electron chi connectivity index (χ4n) is 2.23. The molecule has 1 heterocycles. The van der Waals surface area contributed by atoms with Gasteiger partial charge in [0.25, 0.3) is 5.91 Å². The van der Waals surface area contributed by atoms with E-state index in [4.69, 9.17) is 11.5 Å². The van der Waals surface area contributed by atoms with Crippen molar-refractivity contribution in [3.8, 4) is 0 Å². The fraction of sp³-hybridized carbons (Fsp3) is 0.385. The van der Waals surface area contributed by atoms with Gasteiger partial charge in [0, 0.05) is 13.1 Å². The molecule has 1 aromatic carbocycles. The molecule has 19 heavy (non-hydrogen) atoms. The number of para-hydroxylation sites is 1. The minimum absolute atomic E-state index is 0.119. The second-order valence-corrected chi connectivity index (χ2v) is 5.10. The molecular weight excluding hydrogens is 249 g/mol. The Kier molecular flexibility index (Phi) is 3.18. The normalized spacial score (nSPS) is 22.5. The minimum Gasteiger partial charge on any atom is -0.396 e. The number of carbonyl (C=O) groups is 2. The molecule has 6 heteroatoms. The van der Waals surface area contributed by atoms with Crippen LogP contribution in [0.2, 0.25) is 0 Å². The largest absolute Gasteiger partial charge is 0.396 e. The molecule has 4 N–H and O–H groups in total. The summed E-state index contributed by atoms with van der Waals surface area (Å²) >= 11 is 0. The Hall–Kier alpha value is -2.11. The Labute approximate surface area is 110 Å². The average Bonchev–Trinajstić information content (AvgIpc) is 2.76. The molecule has 5 nitrogen and oxygen atoms in total. The first-order chi connectivity index (χ1) is 8.85. The molecule has 2 amide bonds. The number of hydrogen-bond acceptors (Lipinski definition) is 3. The highest BCUT2D eigenvalue weighted by molar-refractivity contribution is 5.99. The first kappa shape index (κ1) is 13.3. The first-order valence-electron chi connectivity index (χ1n) is 5.98. The maximum atomic E-state index is 13.3. The number of rotatable bonds is 2. The Morgan fingerprint density at radius 2 is 2.11 bits per heavy atom. The summed E-state index contributed by atoms with van der Waals surface area (Å²) in [5.41, 5.74) is 10.1. The zero-order valence-electron chi connectivity index (χ0n) is 10.6. The van der Waals surface area contributed by atoms with E-state index in [9.17, 15) is 14.0 Å². The van der Waals surface area contributed by atoms with Crippen LogP contribution in [0.25, 0.3) is 0 Å². The minimum atomic E-state index is -0.724. The smallest absolute Gasteiger partial charge is 0.256 e. The van der Waals surface area contributed by atoms with Crippen LogP contribution in [0.3, 0.4) is 0 Å². The number of amides is 2. The number of halogens is 1. The summed E-state index contributed by atoms with van der Waals surface area (Å²) in [5, 5.41) is 0. The number of hydrogen-bond donors (Lipinski definition) is 2. The van der Waals surface area contributed by atoms with Gasteiger partial charge in [-0.05, 0) is 25.5 Å². The highest BCUT2D eigenvalue weighted by Crippen LogP contribution is 2.31. The molecule has 1 aliphatic heterocycles. The molecule has 0 radical (unpaired) electrons. The van der Waals surface area contributed by atoms with Crippen molar-refractivity contribution < 1.29 is 14.0 Å². The van der Waals surface area contributed by atoms with E-state index in [-0.39, 0.29) is 23.7 Å². The summed E-state index contributed by atoms with van der Waals surface area (Å²) in [6.07, 6.45) is 0.503. The maximum absolute atomic E-state index is 13.3. The van der Waals surface area contributed by atoms with Crippen molar-refractivity contribution in [2.45, 2.75) is 13.3 Å². The van der Waals surface area contributed by atoms with Gasteiger partial charge < -0.3 is 16.4 Å². The molecule has 1 aliphatic rings. The lowest BCUT2D eigenvalue weighted by atomic mass is 9.89. The quantitative estimate of drug-likeness (QED) is 0.773. The van der Waals surface area contributed by atoms with Gasteiger partial charge >= 0.3 is 0 Å². The van der Waals surface area contributed by atoms with E-state index in [0.717, 1.165) is 0 Å².